The maximum absolute atomic E-state index is 13.8. The summed E-state index contributed by atoms with van der Waals surface area (Å²) in [5.41, 5.74) is -0.176. The third-order valence-corrected chi connectivity index (χ3v) is 3.75. The number of nitrogens with one attached hydrogen (secondary N) is 1. The number of halogens is 2. The number of carbonyl (C=O) groups excluding carboxylic acids is 1. The molecule has 1 atom stereocenters. The zero-order chi connectivity index (χ0) is 15.4. The van der Waals surface area contributed by atoms with E-state index >= 15 is 0 Å². The minimum Gasteiger partial charge on any atom is -0.396 e. The molecule has 0 aromatic heterocycles. The molecule has 1 aromatic rings. The van der Waals surface area contributed by atoms with Gasteiger partial charge in [0.15, 0.2) is 0 Å². The lowest BCUT2D eigenvalue weighted by Crippen LogP contribution is -2.29. The van der Waals surface area contributed by atoms with Gasteiger partial charge >= 0.3 is 0 Å². The fourth-order valence-corrected chi connectivity index (χ4v) is 2.66. The predicted molar refractivity (Wildman–Crippen MR) is 76.2 cm³/mol. The van der Waals surface area contributed by atoms with Crippen molar-refractivity contribution in [2.45, 2.75) is 19.8 Å². The molecule has 1 amide bonds. The molecular weight excluding hydrogens is 278 g/mol. The molecule has 1 aliphatic rings. The quantitative estimate of drug-likeness (QED) is 0.876. The number of rotatable bonds is 5. The monoisotopic (exact) mass is 298 g/mol. The number of nitrogens with zero attached hydrogens (tertiary/aromatic N) is 1. The van der Waals surface area contributed by atoms with Crippen LogP contribution in [0.2, 0.25) is 0 Å². The second kappa shape index (κ2) is 6.85. The Kier molecular flexibility index (Phi) is 5.12. The van der Waals surface area contributed by atoms with Crippen LogP contribution in [0, 0.1) is 17.6 Å². The smallest absolute Gasteiger partial charge is 0.254 e. The Hall–Kier alpha value is -1.69. The third kappa shape index (κ3) is 3.50. The normalized spacial score (nSPS) is 18.1. The number of anilines is 1. The van der Waals surface area contributed by atoms with E-state index in [9.17, 15) is 13.6 Å². The first-order valence-electron chi connectivity index (χ1n) is 7.19. The van der Waals surface area contributed by atoms with Crippen LogP contribution >= 0.6 is 0 Å². The predicted octanol–water partition coefficient (Wildman–Crippen LogP) is 2.24. The maximum Gasteiger partial charge on any atom is 0.254 e. The fraction of sp³-hybridized carbons (Fsp3) is 0.533. The number of carbonyl (C=O) groups is 1. The largest absolute Gasteiger partial charge is 0.396 e. The van der Waals surface area contributed by atoms with E-state index in [1.54, 1.807) is 11.8 Å². The van der Waals surface area contributed by atoms with Gasteiger partial charge in [-0.05, 0) is 37.8 Å². The first kappa shape index (κ1) is 15.7. The highest BCUT2D eigenvalue weighted by atomic mass is 19.1. The van der Waals surface area contributed by atoms with E-state index in [1.165, 1.54) is 0 Å². The lowest BCUT2D eigenvalue weighted by molar-refractivity contribution is 0.0784. The van der Waals surface area contributed by atoms with Gasteiger partial charge in [0.05, 0.1) is 0 Å². The first-order valence-corrected chi connectivity index (χ1v) is 7.19. The van der Waals surface area contributed by atoms with Crippen LogP contribution in [-0.2, 0) is 0 Å². The number of benzene rings is 1. The Morgan fingerprint density at radius 1 is 1.43 bits per heavy atom. The minimum absolute atomic E-state index is 0.0244. The fourth-order valence-electron chi connectivity index (χ4n) is 2.66. The number of aliphatic hydroxyl groups is 1. The van der Waals surface area contributed by atoms with Gasteiger partial charge in [-0.25, -0.2) is 8.78 Å². The summed E-state index contributed by atoms with van der Waals surface area (Å²) in [6.45, 7) is 3.31. The number of hydrogen-bond donors (Lipinski definition) is 2. The molecule has 1 fully saturated rings. The summed E-state index contributed by atoms with van der Waals surface area (Å²) < 4.78 is 27.7. The van der Waals surface area contributed by atoms with Crippen LogP contribution in [0.15, 0.2) is 12.1 Å². The Morgan fingerprint density at radius 2 is 2.10 bits per heavy atom. The highest BCUT2D eigenvalue weighted by Gasteiger charge is 2.27. The summed E-state index contributed by atoms with van der Waals surface area (Å²) in [7, 11) is 0. The van der Waals surface area contributed by atoms with E-state index in [0.717, 1.165) is 18.6 Å². The summed E-state index contributed by atoms with van der Waals surface area (Å²) in [5.74, 6) is -1.62. The molecule has 1 aliphatic heterocycles. The van der Waals surface area contributed by atoms with Gasteiger partial charge < -0.3 is 15.3 Å². The Morgan fingerprint density at radius 3 is 2.67 bits per heavy atom. The van der Waals surface area contributed by atoms with E-state index in [1.807, 2.05) is 0 Å². The van der Waals surface area contributed by atoms with E-state index in [0.29, 0.717) is 26.1 Å². The molecule has 116 valence electrons. The van der Waals surface area contributed by atoms with Crippen molar-refractivity contribution in [3.05, 3.63) is 29.3 Å². The molecule has 0 spiro atoms. The highest BCUT2D eigenvalue weighted by molar-refractivity contribution is 5.94. The van der Waals surface area contributed by atoms with E-state index in [4.69, 9.17) is 5.11 Å². The molecular formula is C15H20F2N2O2. The average molecular weight is 298 g/mol. The van der Waals surface area contributed by atoms with Gasteiger partial charge in [-0.2, -0.15) is 0 Å². The SMILES string of the molecule is CCNc1c(F)cc(C(=O)N2CCC(CCO)C2)cc1F. The molecule has 1 heterocycles. The standard InChI is InChI=1S/C15H20F2N2O2/c1-2-18-14-12(16)7-11(8-13(14)17)15(21)19-5-3-10(9-19)4-6-20/h7-8,10,18,20H,2-6,9H2,1H3. The van der Waals surface area contributed by atoms with Crippen LogP contribution in [-0.4, -0.2) is 42.2 Å². The Bertz CT molecular complexity index is 499. The topological polar surface area (TPSA) is 52.6 Å². The second-order valence-electron chi connectivity index (χ2n) is 5.26. The summed E-state index contributed by atoms with van der Waals surface area (Å²) in [6, 6.07) is 2.14. The molecule has 0 saturated carbocycles. The molecule has 4 nitrogen and oxygen atoms in total. The lowest BCUT2D eigenvalue weighted by Gasteiger charge is -2.17. The third-order valence-electron chi connectivity index (χ3n) is 3.75. The van der Waals surface area contributed by atoms with Gasteiger partial charge in [0.2, 0.25) is 0 Å². The number of amides is 1. The summed E-state index contributed by atoms with van der Waals surface area (Å²) in [4.78, 5) is 13.9. The van der Waals surface area contributed by atoms with Crippen LogP contribution in [0.25, 0.3) is 0 Å². The van der Waals surface area contributed by atoms with Crippen LogP contribution < -0.4 is 5.32 Å². The van der Waals surface area contributed by atoms with Crippen molar-refractivity contribution in [2.75, 3.05) is 31.6 Å². The van der Waals surface area contributed by atoms with Crippen molar-refractivity contribution in [2.24, 2.45) is 5.92 Å². The van der Waals surface area contributed by atoms with Crippen molar-refractivity contribution in [3.63, 3.8) is 0 Å². The van der Waals surface area contributed by atoms with Crippen molar-refractivity contribution in [1.82, 2.24) is 4.90 Å². The molecule has 2 rings (SSSR count). The summed E-state index contributed by atoms with van der Waals surface area (Å²) in [5, 5.41) is 11.5. The number of hydrogen-bond acceptors (Lipinski definition) is 3. The molecule has 2 N–H and O–H groups in total. The van der Waals surface area contributed by atoms with Crippen LogP contribution in [0.1, 0.15) is 30.1 Å². The van der Waals surface area contributed by atoms with Crippen molar-refractivity contribution in [3.8, 4) is 0 Å². The number of aliphatic hydroxyl groups excluding tert-OH is 1. The van der Waals surface area contributed by atoms with Crippen molar-refractivity contribution >= 4 is 11.6 Å². The molecule has 0 aliphatic carbocycles. The highest BCUT2D eigenvalue weighted by Crippen LogP contribution is 2.24. The van der Waals surface area contributed by atoms with Gasteiger partial charge in [0.25, 0.3) is 5.91 Å². The van der Waals surface area contributed by atoms with E-state index < -0.39 is 11.6 Å². The summed E-state index contributed by atoms with van der Waals surface area (Å²) >= 11 is 0. The number of likely N-dealkylation sites (tertiary alicyclic amines) is 1. The molecule has 1 unspecified atom stereocenters. The lowest BCUT2D eigenvalue weighted by atomic mass is 10.1. The zero-order valence-corrected chi connectivity index (χ0v) is 12.0. The molecule has 6 heteroatoms. The van der Waals surface area contributed by atoms with Gasteiger partial charge in [0.1, 0.15) is 17.3 Å². The average Bonchev–Trinajstić information content (AvgIpc) is 2.91. The van der Waals surface area contributed by atoms with Crippen molar-refractivity contribution in [1.29, 1.82) is 0 Å². The van der Waals surface area contributed by atoms with Crippen molar-refractivity contribution < 1.29 is 18.7 Å². The Labute approximate surface area is 122 Å². The molecule has 0 bridgehead atoms. The second-order valence-corrected chi connectivity index (χ2v) is 5.26. The van der Waals surface area contributed by atoms with E-state index in [2.05, 4.69) is 5.32 Å². The molecule has 1 aromatic carbocycles. The van der Waals surface area contributed by atoms with Gasteiger partial charge in [0, 0.05) is 31.8 Å². The van der Waals surface area contributed by atoms with Crippen LogP contribution in [0.4, 0.5) is 14.5 Å². The minimum atomic E-state index is -0.758. The summed E-state index contributed by atoms with van der Waals surface area (Å²) in [6.07, 6.45) is 1.46. The molecule has 1 saturated heterocycles. The van der Waals surface area contributed by atoms with E-state index in [-0.39, 0.29) is 29.7 Å². The first-order chi connectivity index (χ1) is 10.1. The molecule has 21 heavy (non-hydrogen) atoms. The van der Waals surface area contributed by atoms with Gasteiger partial charge in [-0.1, -0.05) is 0 Å². The van der Waals surface area contributed by atoms with Gasteiger partial charge in [-0.3, -0.25) is 4.79 Å². The zero-order valence-electron chi connectivity index (χ0n) is 12.0. The van der Waals surface area contributed by atoms with Crippen LogP contribution in [0.3, 0.4) is 0 Å². The Balaban J connectivity index is 2.13. The van der Waals surface area contributed by atoms with Crippen LogP contribution in [0.5, 0.6) is 0 Å². The molecule has 0 radical (unpaired) electrons. The van der Waals surface area contributed by atoms with Gasteiger partial charge in [-0.15, -0.1) is 0 Å². The maximum atomic E-state index is 13.8.